The van der Waals surface area contributed by atoms with Crippen molar-refractivity contribution in [3.63, 3.8) is 0 Å². The first kappa shape index (κ1) is 16.0. The molecular formula is C13H19Cl2NOS. The van der Waals surface area contributed by atoms with Gasteiger partial charge in [-0.15, -0.1) is 0 Å². The summed E-state index contributed by atoms with van der Waals surface area (Å²) >= 11 is 12.1. The maximum Gasteiger partial charge on any atom is 0.0454 e. The molecule has 2 nitrogen and oxygen atoms in total. The zero-order chi connectivity index (χ0) is 13.7. The van der Waals surface area contributed by atoms with Gasteiger partial charge in [0.1, 0.15) is 0 Å². The normalized spacial score (nSPS) is 16.3. The minimum Gasteiger partial charge on any atom is -0.310 e. The monoisotopic (exact) mass is 307 g/mol. The zero-order valence-corrected chi connectivity index (χ0v) is 13.2. The maximum absolute atomic E-state index is 11.2. The van der Waals surface area contributed by atoms with E-state index in [0.717, 1.165) is 18.5 Å². The fraction of sp³-hybridized carbons (Fsp3) is 0.538. The largest absolute Gasteiger partial charge is 0.310 e. The molecule has 0 aromatic heterocycles. The number of benzene rings is 1. The summed E-state index contributed by atoms with van der Waals surface area (Å²) in [6.45, 7) is 4.85. The van der Waals surface area contributed by atoms with E-state index >= 15 is 0 Å². The number of rotatable bonds is 6. The van der Waals surface area contributed by atoms with E-state index in [4.69, 9.17) is 23.2 Å². The van der Waals surface area contributed by atoms with Crippen molar-refractivity contribution in [1.82, 2.24) is 5.32 Å². The molecule has 1 rings (SSSR count). The molecule has 3 atom stereocenters. The average Bonchev–Trinajstić information content (AvgIpc) is 2.31. The van der Waals surface area contributed by atoms with E-state index in [9.17, 15) is 4.21 Å². The van der Waals surface area contributed by atoms with Crippen molar-refractivity contribution in [3.05, 3.63) is 33.8 Å². The summed E-state index contributed by atoms with van der Waals surface area (Å²) in [6.07, 6.45) is 2.62. The van der Waals surface area contributed by atoms with Gasteiger partial charge in [0.15, 0.2) is 0 Å². The van der Waals surface area contributed by atoms with E-state index in [-0.39, 0.29) is 11.3 Å². The lowest BCUT2D eigenvalue weighted by atomic mass is 10.1. The molecule has 0 saturated heterocycles. The van der Waals surface area contributed by atoms with Crippen molar-refractivity contribution in [3.8, 4) is 0 Å². The minimum atomic E-state index is -0.765. The Labute approximate surface area is 122 Å². The SMILES string of the molecule is CC(NCCC(C)S(C)=O)c1cc(Cl)ccc1Cl. The van der Waals surface area contributed by atoms with E-state index in [1.807, 2.05) is 19.9 Å². The van der Waals surface area contributed by atoms with Crippen molar-refractivity contribution in [2.75, 3.05) is 12.8 Å². The Balaban J connectivity index is 2.52. The van der Waals surface area contributed by atoms with Crippen molar-refractivity contribution in [2.45, 2.75) is 31.6 Å². The molecule has 3 unspecified atom stereocenters. The lowest BCUT2D eigenvalue weighted by molar-refractivity contribution is 0.554. The second kappa shape index (κ2) is 7.49. The fourth-order valence-electron chi connectivity index (χ4n) is 1.63. The standard InChI is InChI=1S/C13H19Cl2NOS/c1-9(18(3)17)6-7-16-10(2)12-8-11(14)4-5-13(12)15/h4-5,8-10,16H,6-7H2,1-3H3. The summed E-state index contributed by atoms with van der Waals surface area (Å²) in [6, 6.07) is 5.60. The summed E-state index contributed by atoms with van der Waals surface area (Å²) in [5.74, 6) is 0. The van der Waals surface area contributed by atoms with Crippen LogP contribution in [-0.2, 0) is 10.8 Å². The van der Waals surface area contributed by atoms with Crippen molar-refractivity contribution in [1.29, 1.82) is 0 Å². The average molecular weight is 308 g/mol. The van der Waals surface area contributed by atoms with E-state index in [1.165, 1.54) is 0 Å². The highest BCUT2D eigenvalue weighted by molar-refractivity contribution is 7.84. The summed E-state index contributed by atoms with van der Waals surface area (Å²) < 4.78 is 11.2. The second-order valence-corrected chi connectivity index (χ2v) is 7.09. The second-order valence-electron chi connectivity index (χ2n) is 4.44. The molecule has 1 aromatic rings. The molecule has 0 fully saturated rings. The van der Waals surface area contributed by atoms with Gasteiger partial charge in [-0.2, -0.15) is 0 Å². The quantitative estimate of drug-likeness (QED) is 0.866. The topological polar surface area (TPSA) is 29.1 Å². The van der Waals surface area contributed by atoms with Gasteiger partial charge in [-0.1, -0.05) is 30.1 Å². The summed E-state index contributed by atoms with van der Waals surface area (Å²) in [5, 5.41) is 4.98. The smallest absolute Gasteiger partial charge is 0.0454 e. The molecule has 0 bridgehead atoms. The Morgan fingerprint density at radius 2 is 2.00 bits per heavy atom. The van der Waals surface area contributed by atoms with Gasteiger partial charge >= 0.3 is 0 Å². The van der Waals surface area contributed by atoms with Crippen LogP contribution in [0, 0.1) is 0 Å². The number of hydrogen-bond acceptors (Lipinski definition) is 2. The molecule has 0 radical (unpaired) electrons. The van der Waals surface area contributed by atoms with Gasteiger partial charge in [0.25, 0.3) is 0 Å². The molecule has 0 saturated carbocycles. The first-order valence-corrected chi connectivity index (χ1v) is 8.30. The van der Waals surface area contributed by atoms with Gasteiger partial charge in [-0.25, -0.2) is 0 Å². The maximum atomic E-state index is 11.2. The molecule has 1 N–H and O–H groups in total. The lowest BCUT2D eigenvalue weighted by Gasteiger charge is -2.17. The number of hydrogen-bond donors (Lipinski definition) is 1. The summed E-state index contributed by atoms with van der Waals surface area (Å²) in [4.78, 5) is 0. The van der Waals surface area contributed by atoms with Gasteiger partial charge in [-0.05, 0) is 43.7 Å². The molecule has 0 spiro atoms. The van der Waals surface area contributed by atoms with Crippen molar-refractivity contribution in [2.24, 2.45) is 0 Å². The predicted octanol–water partition coefficient (Wildman–Crippen LogP) is 3.80. The Hall–Kier alpha value is -0.0900. The first-order valence-electron chi connectivity index (χ1n) is 5.92. The molecule has 0 aliphatic heterocycles. The Morgan fingerprint density at radius 3 is 2.61 bits per heavy atom. The number of nitrogens with one attached hydrogen (secondary N) is 1. The van der Waals surface area contributed by atoms with Crippen LogP contribution >= 0.6 is 23.2 Å². The van der Waals surface area contributed by atoms with E-state index < -0.39 is 10.8 Å². The van der Waals surface area contributed by atoms with Crippen LogP contribution in [0.3, 0.4) is 0 Å². The Kier molecular flexibility index (Phi) is 6.64. The van der Waals surface area contributed by atoms with E-state index in [0.29, 0.717) is 10.0 Å². The predicted molar refractivity (Wildman–Crippen MR) is 81.0 cm³/mol. The third-order valence-corrected chi connectivity index (χ3v) is 4.94. The molecule has 0 amide bonds. The summed E-state index contributed by atoms with van der Waals surface area (Å²) in [5.41, 5.74) is 0.995. The lowest BCUT2D eigenvalue weighted by Crippen LogP contribution is -2.24. The van der Waals surface area contributed by atoms with Crippen LogP contribution in [0.15, 0.2) is 18.2 Å². The zero-order valence-electron chi connectivity index (χ0n) is 10.9. The molecule has 102 valence electrons. The van der Waals surface area contributed by atoms with Crippen LogP contribution in [0.4, 0.5) is 0 Å². The highest BCUT2D eigenvalue weighted by Crippen LogP contribution is 2.26. The van der Waals surface area contributed by atoms with Gasteiger partial charge < -0.3 is 5.32 Å². The van der Waals surface area contributed by atoms with Crippen molar-refractivity contribution >= 4 is 34.0 Å². The molecule has 5 heteroatoms. The van der Waals surface area contributed by atoms with E-state index in [2.05, 4.69) is 5.32 Å². The third kappa shape index (κ3) is 4.88. The first-order chi connectivity index (χ1) is 8.41. The van der Waals surface area contributed by atoms with Gasteiger partial charge in [0.2, 0.25) is 0 Å². The van der Waals surface area contributed by atoms with E-state index in [1.54, 1.807) is 18.4 Å². The molecule has 0 aliphatic rings. The molecule has 0 aliphatic carbocycles. The molecule has 0 heterocycles. The minimum absolute atomic E-state index is 0.133. The molecular weight excluding hydrogens is 289 g/mol. The fourth-order valence-corrected chi connectivity index (χ4v) is 2.54. The van der Waals surface area contributed by atoms with Crippen LogP contribution in [0.1, 0.15) is 31.9 Å². The third-order valence-electron chi connectivity index (χ3n) is 2.99. The van der Waals surface area contributed by atoms with Crippen LogP contribution in [0.25, 0.3) is 0 Å². The molecule has 18 heavy (non-hydrogen) atoms. The van der Waals surface area contributed by atoms with Crippen LogP contribution in [0.5, 0.6) is 0 Å². The van der Waals surface area contributed by atoms with Crippen LogP contribution in [-0.4, -0.2) is 22.3 Å². The van der Waals surface area contributed by atoms with Gasteiger partial charge in [0.05, 0.1) is 0 Å². The van der Waals surface area contributed by atoms with Crippen molar-refractivity contribution < 1.29 is 4.21 Å². The van der Waals surface area contributed by atoms with Crippen LogP contribution in [0.2, 0.25) is 10.0 Å². The van der Waals surface area contributed by atoms with Crippen LogP contribution < -0.4 is 5.32 Å². The Morgan fingerprint density at radius 1 is 1.33 bits per heavy atom. The highest BCUT2D eigenvalue weighted by Gasteiger charge is 2.11. The highest BCUT2D eigenvalue weighted by atomic mass is 35.5. The Bertz CT molecular complexity index is 425. The summed E-state index contributed by atoms with van der Waals surface area (Å²) in [7, 11) is -0.765. The number of halogens is 2. The van der Waals surface area contributed by atoms with Gasteiger partial charge in [-0.3, -0.25) is 4.21 Å². The molecule has 1 aromatic carbocycles. The van der Waals surface area contributed by atoms with Gasteiger partial charge in [0, 0.05) is 38.4 Å².